The molecule has 8 nitrogen and oxygen atoms in total. The van der Waals surface area contributed by atoms with E-state index in [0.29, 0.717) is 22.5 Å². The van der Waals surface area contributed by atoms with Gasteiger partial charge in [0.1, 0.15) is 0 Å². The van der Waals surface area contributed by atoms with Gasteiger partial charge in [-0.1, -0.05) is 6.07 Å². The van der Waals surface area contributed by atoms with Crippen molar-refractivity contribution >= 4 is 29.3 Å². The van der Waals surface area contributed by atoms with E-state index in [2.05, 4.69) is 10.3 Å². The standard InChI is InChI=1S/C21H24N2O6/c1-6-28-21(27)17-11(2)18(22-12(17)3)19(25)13(4)29-20(26)15-8-7-9-16(10-15)23-14(5)24/h7-10,13,22H,6H2,1-5H3,(H,23,24)/t13-/m1/s1. The second kappa shape index (κ2) is 9.18. The Morgan fingerprint density at radius 2 is 1.83 bits per heavy atom. The van der Waals surface area contributed by atoms with E-state index < -0.39 is 23.8 Å². The van der Waals surface area contributed by atoms with Crippen molar-refractivity contribution in [2.24, 2.45) is 0 Å². The molecule has 2 rings (SSSR count). The fourth-order valence-corrected chi connectivity index (χ4v) is 2.92. The number of carbonyl (C=O) groups is 4. The highest BCUT2D eigenvalue weighted by molar-refractivity contribution is 6.04. The summed E-state index contributed by atoms with van der Waals surface area (Å²) in [6, 6.07) is 6.21. The fourth-order valence-electron chi connectivity index (χ4n) is 2.92. The lowest BCUT2D eigenvalue weighted by atomic mass is 10.1. The van der Waals surface area contributed by atoms with Crippen LogP contribution in [0.4, 0.5) is 5.69 Å². The van der Waals surface area contributed by atoms with Crippen molar-refractivity contribution in [3.05, 3.63) is 52.3 Å². The first kappa shape index (κ1) is 21.9. The molecule has 1 aromatic heterocycles. The molecule has 2 aromatic rings. The van der Waals surface area contributed by atoms with E-state index in [1.165, 1.54) is 26.0 Å². The Bertz CT molecular complexity index is 960. The minimum absolute atomic E-state index is 0.192. The number of aryl methyl sites for hydroxylation is 1. The highest BCUT2D eigenvalue weighted by atomic mass is 16.5. The number of aromatic nitrogens is 1. The smallest absolute Gasteiger partial charge is 0.340 e. The van der Waals surface area contributed by atoms with Crippen LogP contribution in [0.3, 0.4) is 0 Å². The topological polar surface area (TPSA) is 115 Å². The number of carbonyl (C=O) groups excluding carboxylic acids is 4. The van der Waals surface area contributed by atoms with Crippen molar-refractivity contribution in [1.29, 1.82) is 0 Å². The van der Waals surface area contributed by atoms with Gasteiger partial charge in [-0.05, 0) is 51.5 Å². The molecular formula is C21H24N2O6. The number of hydrogen-bond acceptors (Lipinski definition) is 6. The molecule has 0 aliphatic heterocycles. The van der Waals surface area contributed by atoms with Crippen LogP contribution in [0, 0.1) is 13.8 Å². The Labute approximate surface area is 168 Å². The summed E-state index contributed by atoms with van der Waals surface area (Å²) >= 11 is 0. The van der Waals surface area contributed by atoms with Gasteiger partial charge in [0.15, 0.2) is 6.10 Å². The normalized spacial score (nSPS) is 11.5. The first-order chi connectivity index (χ1) is 13.6. The van der Waals surface area contributed by atoms with Gasteiger partial charge in [0.2, 0.25) is 11.7 Å². The number of ketones is 1. The predicted molar refractivity (Wildman–Crippen MR) is 106 cm³/mol. The average Bonchev–Trinajstić information content (AvgIpc) is 2.95. The summed E-state index contributed by atoms with van der Waals surface area (Å²) in [5.41, 5.74) is 2.09. The molecule has 2 N–H and O–H groups in total. The molecule has 1 aromatic carbocycles. The van der Waals surface area contributed by atoms with Crippen LogP contribution in [0.1, 0.15) is 63.2 Å². The van der Waals surface area contributed by atoms with E-state index in [0.717, 1.165) is 0 Å². The second-order valence-electron chi connectivity index (χ2n) is 6.52. The highest BCUT2D eigenvalue weighted by Crippen LogP contribution is 2.21. The molecule has 1 amide bonds. The molecule has 0 aliphatic carbocycles. The van der Waals surface area contributed by atoms with Crippen molar-refractivity contribution in [3.63, 3.8) is 0 Å². The molecule has 0 unspecified atom stereocenters. The van der Waals surface area contributed by atoms with Crippen LogP contribution in [-0.2, 0) is 14.3 Å². The van der Waals surface area contributed by atoms with Crippen molar-refractivity contribution in [2.75, 3.05) is 11.9 Å². The summed E-state index contributed by atoms with van der Waals surface area (Å²) in [5, 5.41) is 2.58. The van der Waals surface area contributed by atoms with Gasteiger partial charge in [0, 0.05) is 18.3 Å². The third-order valence-corrected chi connectivity index (χ3v) is 4.24. The molecule has 8 heteroatoms. The van der Waals surface area contributed by atoms with Crippen LogP contribution in [-0.4, -0.2) is 41.3 Å². The predicted octanol–water partition coefficient (Wildman–Crippen LogP) is 3.19. The molecule has 0 fully saturated rings. The number of ether oxygens (including phenoxy) is 2. The highest BCUT2D eigenvalue weighted by Gasteiger charge is 2.27. The van der Waals surface area contributed by atoms with Crippen LogP contribution < -0.4 is 5.32 Å². The first-order valence-corrected chi connectivity index (χ1v) is 9.14. The minimum Gasteiger partial charge on any atom is -0.462 e. The molecule has 0 saturated carbocycles. The zero-order chi connectivity index (χ0) is 21.7. The van der Waals surface area contributed by atoms with E-state index >= 15 is 0 Å². The number of hydrogen-bond donors (Lipinski definition) is 2. The molecule has 0 spiro atoms. The molecule has 1 heterocycles. The maximum Gasteiger partial charge on any atom is 0.340 e. The van der Waals surface area contributed by atoms with Gasteiger partial charge in [-0.3, -0.25) is 9.59 Å². The average molecular weight is 400 g/mol. The van der Waals surface area contributed by atoms with Crippen LogP contribution in [0.5, 0.6) is 0 Å². The van der Waals surface area contributed by atoms with Gasteiger partial charge in [0.25, 0.3) is 0 Å². The maximum atomic E-state index is 12.8. The van der Waals surface area contributed by atoms with Gasteiger partial charge in [-0.15, -0.1) is 0 Å². The maximum absolute atomic E-state index is 12.8. The molecule has 1 atom stereocenters. The number of amides is 1. The van der Waals surface area contributed by atoms with Crippen molar-refractivity contribution in [2.45, 2.75) is 40.7 Å². The summed E-state index contributed by atoms with van der Waals surface area (Å²) in [5.74, 6) is -1.96. The monoisotopic (exact) mass is 400 g/mol. The number of H-pyrrole nitrogens is 1. The zero-order valence-corrected chi connectivity index (χ0v) is 17.0. The largest absolute Gasteiger partial charge is 0.462 e. The van der Waals surface area contributed by atoms with E-state index in [9.17, 15) is 19.2 Å². The third-order valence-electron chi connectivity index (χ3n) is 4.24. The molecule has 0 saturated heterocycles. The Hall–Kier alpha value is -3.42. The number of anilines is 1. The third kappa shape index (κ3) is 5.10. The van der Waals surface area contributed by atoms with Crippen LogP contribution >= 0.6 is 0 Å². The van der Waals surface area contributed by atoms with Gasteiger partial charge < -0.3 is 19.8 Å². The number of esters is 2. The quantitative estimate of drug-likeness (QED) is 0.545. The van der Waals surface area contributed by atoms with Gasteiger partial charge in [-0.2, -0.15) is 0 Å². The molecule has 0 bridgehead atoms. The lowest BCUT2D eigenvalue weighted by Gasteiger charge is -2.13. The van der Waals surface area contributed by atoms with Crippen LogP contribution in [0.15, 0.2) is 24.3 Å². The molecule has 154 valence electrons. The zero-order valence-electron chi connectivity index (χ0n) is 17.0. The Morgan fingerprint density at radius 1 is 1.14 bits per heavy atom. The summed E-state index contributed by atoms with van der Waals surface area (Å²) in [6.07, 6.45) is -1.08. The lowest BCUT2D eigenvalue weighted by Crippen LogP contribution is -2.25. The summed E-state index contributed by atoms with van der Waals surface area (Å²) < 4.78 is 10.3. The Balaban J connectivity index is 2.17. The van der Waals surface area contributed by atoms with E-state index in [1.54, 1.807) is 32.9 Å². The van der Waals surface area contributed by atoms with Crippen LogP contribution in [0.25, 0.3) is 0 Å². The summed E-state index contributed by atoms with van der Waals surface area (Å²) in [7, 11) is 0. The van der Waals surface area contributed by atoms with E-state index in [4.69, 9.17) is 9.47 Å². The second-order valence-corrected chi connectivity index (χ2v) is 6.52. The number of benzene rings is 1. The van der Waals surface area contributed by atoms with Crippen LogP contribution in [0.2, 0.25) is 0 Å². The lowest BCUT2D eigenvalue weighted by molar-refractivity contribution is -0.114. The molecule has 29 heavy (non-hydrogen) atoms. The van der Waals surface area contributed by atoms with E-state index in [1.807, 2.05) is 0 Å². The minimum atomic E-state index is -1.08. The van der Waals surface area contributed by atoms with Gasteiger partial charge >= 0.3 is 11.9 Å². The molecule has 0 radical (unpaired) electrons. The van der Waals surface area contributed by atoms with E-state index in [-0.39, 0.29) is 23.8 Å². The first-order valence-electron chi connectivity index (χ1n) is 9.14. The van der Waals surface area contributed by atoms with Crippen molar-refractivity contribution in [3.8, 4) is 0 Å². The van der Waals surface area contributed by atoms with Crippen molar-refractivity contribution < 1.29 is 28.7 Å². The van der Waals surface area contributed by atoms with Crippen molar-refractivity contribution in [1.82, 2.24) is 4.98 Å². The Kier molecular flexibility index (Phi) is 6.93. The number of rotatable bonds is 7. The number of nitrogens with one attached hydrogen (secondary N) is 2. The molecular weight excluding hydrogens is 376 g/mol. The van der Waals surface area contributed by atoms with Gasteiger partial charge in [-0.25, -0.2) is 9.59 Å². The van der Waals surface area contributed by atoms with Gasteiger partial charge in [0.05, 0.1) is 23.4 Å². The summed E-state index contributed by atoms with van der Waals surface area (Å²) in [6.45, 7) is 8.03. The molecule has 0 aliphatic rings. The number of Topliss-reactive ketones (excluding diaryl/α,β-unsaturated/α-hetero) is 1. The summed E-state index contributed by atoms with van der Waals surface area (Å²) in [4.78, 5) is 51.3. The number of aromatic amines is 1. The SMILES string of the molecule is CCOC(=O)c1c(C)[nH]c(C(=O)[C@@H](C)OC(=O)c2cccc(NC(C)=O)c2)c1C. The fraction of sp³-hybridized carbons (Fsp3) is 0.333. The Morgan fingerprint density at radius 3 is 2.45 bits per heavy atom.